The van der Waals surface area contributed by atoms with Crippen LogP contribution in [0.1, 0.15) is 22.8 Å². The molecule has 2 N–H and O–H groups in total. The second-order valence-electron chi connectivity index (χ2n) is 13.5. The Morgan fingerprint density at radius 3 is 0.759 bits per heavy atom. The third-order valence-electron chi connectivity index (χ3n) is 9.82. The van der Waals surface area contributed by atoms with Crippen LogP contribution in [0.2, 0.25) is 0 Å². The Bertz CT molecular complexity index is 2370. The van der Waals surface area contributed by atoms with Crippen LogP contribution in [0.3, 0.4) is 0 Å². The van der Waals surface area contributed by atoms with Crippen molar-refractivity contribution >= 4 is 46.4 Å². The predicted octanol–water partition coefficient (Wildman–Crippen LogP) is 7.07. The fourth-order valence-corrected chi connectivity index (χ4v) is 7.09. The van der Waals surface area contributed by atoms with Gasteiger partial charge in [0.25, 0.3) is 0 Å². The number of fused-ring (bicyclic) bond motifs is 8. The summed E-state index contributed by atoms with van der Waals surface area (Å²) in [5.74, 6) is 0. The number of H-pyrrole nitrogens is 2. The maximum Gasteiger partial charge on any atom is 1.00 e. The molecule has 9 rings (SSSR count). The Hall–Kier alpha value is -6.28. The molecular formula is C45H41CuN8+4. The normalized spacial score (nSPS) is 11.6. The first kappa shape index (κ1) is 36.1. The van der Waals surface area contributed by atoms with Crippen LogP contribution in [0.4, 0.5) is 0 Å². The first-order chi connectivity index (χ1) is 25.4. The monoisotopic (exact) mass is 756 g/mol. The molecule has 2 aliphatic rings. The van der Waals surface area contributed by atoms with Crippen LogP contribution in [0, 0.1) is 7.43 Å². The molecule has 2 aliphatic heterocycles. The van der Waals surface area contributed by atoms with Crippen LogP contribution >= 0.6 is 0 Å². The van der Waals surface area contributed by atoms with E-state index in [9.17, 15) is 0 Å². The Morgan fingerprint density at radius 2 is 0.556 bits per heavy atom. The molecule has 54 heavy (non-hydrogen) atoms. The van der Waals surface area contributed by atoms with E-state index in [0.29, 0.717) is 0 Å². The van der Waals surface area contributed by atoms with E-state index in [1.807, 2.05) is 46.5 Å². The molecule has 8 bridgehead atoms. The second-order valence-corrected chi connectivity index (χ2v) is 13.5. The van der Waals surface area contributed by atoms with E-state index >= 15 is 0 Å². The Balaban J connectivity index is 0.00000225. The van der Waals surface area contributed by atoms with Gasteiger partial charge in [0.2, 0.25) is 0 Å². The summed E-state index contributed by atoms with van der Waals surface area (Å²) in [6, 6.07) is 25.8. The van der Waals surface area contributed by atoms with E-state index < -0.39 is 0 Å². The van der Waals surface area contributed by atoms with Gasteiger partial charge < -0.3 is 17.4 Å². The maximum absolute atomic E-state index is 5.39. The average molecular weight is 757 g/mol. The van der Waals surface area contributed by atoms with Gasteiger partial charge in [-0.1, -0.05) is 0 Å². The van der Waals surface area contributed by atoms with Crippen molar-refractivity contribution in [3.63, 3.8) is 0 Å². The summed E-state index contributed by atoms with van der Waals surface area (Å²) in [5, 5.41) is 0. The fraction of sp³-hybridized carbons (Fsp3) is 0.0889. The molecule has 0 amide bonds. The molecule has 0 aromatic carbocycles. The van der Waals surface area contributed by atoms with E-state index in [2.05, 4.69) is 157 Å². The summed E-state index contributed by atoms with van der Waals surface area (Å²) in [7, 11) is 8.14. The van der Waals surface area contributed by atoms with Crippen LogP contribution in [0.15, 0.2) is 122 Å². The minimum atomic E-state index is 0. The molecule has 7 aromatic rings. The molecule has 9 heterocycles. The summed E-state index contributed by atoms with van der Waals surface area (Å²) in [6.45, 7) is 0. The van der Waals surface area contributed by atoms with Gasteiger partial charge in [-0.05, 0) is 70.8 Å². The molecule has 0 saturated heterocycles. The van der Waals surface area contributed by atoms with Crippen LogP contribution in [0.5, 0.6) is 0 Å². The number of aromatic nitrogens is 8. The zero-order chi connectivity index (χ0) is 35.3. The van der Waals surface area contributed by atoms with Gasteiger partial charge in [-0.3, -0.25) is 0 Å². The first-order valence-electron chi connectivity index (χ1n) is 17.4. The van der Waals surface area contributed by atoms with Crippen LogP contribution in [0.25, 0.3) is 90.9 Å². The average Bonchev–Trinajstić information content (AvgIpc) is 3.99. The van der Waals surface area contributed by atoms with Crippen LogP contribution < -0.4 is 18.3 Å². The van der Waals surface area contributed by atoms with Crippen molar-refractivity contribution in [1.82, 2.24) is 19.9 Å². The van der Waals surface area contributed by atoms with Crippen molar-refractivity contribution in [2.24, 2.45) is 28.2 Å². The summed E-state index contributed by atoms with van der Waals surface area (Å²) in [4.78, 5) is 18.4. The van der Waals surface area contributed by atoms with Crippen LogP contribution in [-0.4, -0.2) is 19.9 Å². The van der Waals surface area contributed by atoms with Crippen molar-refractivity contribution in [2.45, 2.75) is 0 Å². The number of nitrogens with zero attached hydrogens (tertiary/aromatic N) is 6. The summed E-state index contributed by atoms with van der Waals surface area (Å²) >= 11 is 0. The predicted molar refractivity (Wildman–Crippen MR) is 212 cm³/mol. The first-order valence-corrected chi connectivity index (χ1v) is 17.4. The van der Waals surface area contributed by atoms with Crippen LogP contribution in [-0.2, 0) is 45.3 Å². The van der Waals surface area contributed by atoms with Crippen molar-refractivity contribution in [3.05, 3.63) is 153 Å². The van der Waals surface area contributed by atoms with E-state index in [4.69, 9.17) is 9.97 Å². The van der Waals surface area contributed by atoms with Gasteiger partial charge in [0.1, 0.15) is 28.2 Å². The van der Waals surface area contributed by atoms with Crippen molar-refractivity contribution in [1.29, 1.82) is 0 Å². The van der Waals surface area contributed by atoms with E-state index in [1.165, 1.54) is 0 Å². The molecule has 0 radical (unpaired) electrons. The molecule has 0 spiro atoms. The number of nitrogens with one attached hydrogen (secondary N) is 2. The van der Waals surface area contributed by atoms with Gasteiger partial charge in [0, 0.05) is 92.9 Å². The number of pyridine rings is 4. The molecular weight excluding hydrogens is 716 g/mol. The number of rotatable bonds is 4. The topological polar surface area (TPSA) is 72.9 Å². The Kier molecular flexibility index (Phi) is 9.77. The number of aryl methyl sites for hydroxylation is 4. The molecule has 8 nitrogen and oxygen atoms in total. The number of aromatic amines is 2. The summed E-state index contributed by atoms with van der Waals surface area (Å²) in [5.41, 5.74) is 15.9. The maximum atomic E-state index is 5.39. The third kappa shape index (κ3) is 6.60. The zero-order valence-electron chi connectivity index (χ0n) is 30.8. The van der Waals surface area contributed by atoms with Gasteiger partial charge in [0.05, 0.1) is 22.8 Å². The molecule has 0 saturated carbocycles. The standard InChI is InChI=1S/C44H37N8.CH3.Cu/c1-49-21-13-29(14-22-49)41-33-5-7-35(45-33)42(30-15-23-50(2)24-16-30)37-9-11-39(47-37)44(32-19-27-52(4)28-20-32)40-12-10-38(48-40)43(36-8-6-34(41)46-36)31-17-25-51(3)26-18-31;;/h5-28H,1-4H3,(H,45,46,47,48);1H3;/q+3;-1;+1/p+1. The minimum Gasteiger partial charge on any atom is -0.358 e. The minimum absolute atomic E-state index is 0. The van der Waals surface area contributed by atoms with E-state index in [0.717, 1.165) is 89.4 Å². The number of hydrogen-bond acceptors (Lipinski definition) is 2. The largest absolute Gasteiger partial charge is 1.00 e. The third-order valence-corrected chi connectivity index (χ3v) is 9.82. The summed E-state index contributed by atoms with van der Waals surface area (Å²) in [6.07, 6.45) is 25.2. The van der Waals surface area contributed by atoms with E-state index in [-0.39, 0.29) is 24.5 Å². The van der Waals surface area contributed by atoms with E-state index in [1.54, 1.807) is 0 Å². The fourth-order valence-electron chi connectivity index (χ4n) is 7.09. The molecule has 7 aromatic heterocycles. The molecule has 9 heteroatoms. The molecule has 0 fully saturated rings. The summed E-state index contributed by atoms with van der Waals surface area (Å²) < 4.78 is 8.20. The number of hydrogen-bond donors (Lipinski definition) is 2. The molecule has 0 atom stereocenters. The molecule has 0 aliphatic carbocycles. The second kappa shape index (κ2) is 14.6. The molecule has 268 valence electrons. The Labute approximate surface area is 325 Å². The van der Waals surface area contributed by atoms with Crippen molar-refractivity contribution in [2.75, 3.05) is 0 Å². The Morgan fingerprint density at radius 1 is 0.352 bits per heavy atom. The van der Waals surface area contributed by atoms with Crippen molar-refractivity contribution < 1.29 is 35.3 Å². The zero-order valence-corrected chi connectivity index (χ0v) is 31.8. The smallest absolute Gasteiger partial charge is 0.358 e. The SMILES string of the molecule is C[n+]1ccc(-c2c3nc(c(-c4cc[n+](C)cc4)c4ccc([nH]4)c(-c4cc[n+](C)cc4)c4nc(c(-c5cc[n+](C)cc5)c5ccc2[nH]5)C=C4)C=C3)cc1.[CH3-].[Cu+]. The van der Waals surface area contributed by atoms with Crippen molar-refractivity contribution in [3.8, 4) is 44.5 Å². The van der Waals surface area contributed by atoms with Gasteiger partial charge in [-0.15, -0.1) is 0 Å². The van der Waals surface area contributed by atoms with Gasteiger partial charge in [-0.2, -0.15) is 0 Å². The van der Waals surface area contributed by atoms with Gasteiger partial charge >= 0.3 is 17.1 Å². The van der Waals surface area contributed by atoms with Gasteiger partial charge in [-0.25, -0.2) is 28.2 Å². The van der Waals surface area contributed by atoms with Gasteiger partial charge in [0.15, 0.2) is 49.6 Å². The quantitative estimate of drug-likeness (QED) is 0.115. The molecule has 0 unspecified atom stereocenters.